The fraction of sp³-hybridized carbons (Fsp3) is 0.273. The van der Waals surface area contributed by atoms with Gasteiger partial charge in [0.25, 0.3) is 0 Å². The molecule has 2 nitrogen and oxygen atoms in total. The van der Waals surface area contributed by atoms with Crippen molar-refractivity contribution >= 4 is 26.8 Å². The molecule has 1 aromatic carbocycles. The standard InChI is InChI=1S/C11H11BrN2/c1-14-5-7-4-13-10-3-2-9(12)8(6-14)11(7)10/h2-4,13H,5-6H2,1H3. The van der Waals surface area contributed by atoms with E-state index in [1.54, 1.807) is 0 Å². The molecule has 0 spiro atoms. The van der Waals surface area contributed by atoms with Gasteiger partial charge in [-0.1, -0.05) is 15.9 Å². The van der Waals surface area contributed by atoms with Gasteiger partial charge >= 0.3 is 0 Å². The summed E-state index contributed by atoms with van der Waals surface area (Å²) in [6.07, 6.45) is 2.12. The topological polar surface area (TPSA) is 19.0 Å². The fourth-order valence-electron chi connectivity index (χ4n) is 2.24. The minimum absolute atomic E-state index is 1.03. The normalized spacial score (nSPS) is 16.4. The summed E-state index contributed by atoms with van der Waals surface area (Å²) >= 11 is 3.62. The quantitative estimate of drug-likeness (QED) is 0.762. The summed E-state index contributed by atoms with van der Waals surface area (Å²) in [6.45, 7) is 2.08. The Bertz CT molecular complexity index is 501. The first-order valence-electron chi connectivity index (χ1n) is 4.71. The predicted molar refractivity (Wildman–Crippen MR) is 61.2 cm³/mol. The fourth-order valence-corrected chi connectivity index (χ4v) is 2.70. The molecule has 0 bridgehead atoms. The average Bonchev–Trinajstić information content (AvgIpc) is 2.55. The molecule has 0 saturated carbocycles. The van der Waals surface area contributed by atoms with E-state index in [9.17, 15) is 0 Å². The van der Waals surface area contributed by atoms with Crippen molar-refractivity contribution < 1.29 is 0 Å². The van der Waals surface area contributed by atoms with Crippen LogP contribution in [0.25, 0.3) is 10.9 Å². The van der Waals surface area contributed by atoms with Gasteiger partial charge in [-0.15, -0.1) is 0 Å². The van der Waals surface area contributed by atoms with E-state index in [1.165, 1.54) is 26.5 Å². The van der Waals surface area contributed by atoms with Crippen LogP contribution in [0.2, 0.25) is 0 Å². The minimum Gasteiger partial charge on any atom is -0.361 e. The van der Waals surface area contributed by atoms with Crippen LogP contribution >= 0.6 is 15.9 Å². The Hall–Kier alpha value is -0.800. The molecule has 0 fully saturated rings. The minimum atomic E-state index is 1.03. The summed E-state index contributed by atoms with van der Waals surface area (Å²) in [5.74, 6) is 0. The van der Waals surface area contributed by atoms with E-state index in [0.29, 0.717) is 0 Å². The molecular weight excluding hydrogens is 240 g/mol. The lowest BCUT2D eigenvalue weighted by Crippen LogP contribution is -2.21. The van der Waals surface area contributed by atoms with E-state index in [1.807, 2.05) is 0 Å². The summed E-state index contributed by atoms with van der Waals surface area (Å²) in [5, 5.41) is 1.41. The van der Waals surface area contributed by atoms with Crippen molar-refractivity contribution in [3.05, 3.63) is 33.9 Å². The molecule has 0 radical (unpaired) electrons. The van der Waals surface area contributed by atoms with Crippen LogP contribution in [0.3, 0.4) is 0 Å². The highest BCUT2D eigenvalue weighted by molar-refractivity contribution is 9.10. The Labute approximate surface area is 91.0 Å². The van der Waals surface area contributed by atoms with Crippen LogP contribution in [0.4, 0.5) is 0 Å². The third kappa shape index (κ3) is 1.06. The van der Waals surface area contributed by atoms with Crippen LogP contribution in [0.1, 0.15) is 11.1 Å². The summed E-state index contributed by atoms with van der Waals surface area (Å²) < 4.78 is 1.22. The number of aromatic nitrogens is 1. The van der Waals surface area contributed by atoms with Crippen LogP contribution in [-0.2, 0) is 13.1 Å². The second-order valence-electron chi connectivity index (χ2n) is 3.93. The molecule has 3 rings (SSSR count). The Morgan fingerprint density at radius 1 is 1.36 bits per heavy atom. The van der Waals surface area contributed by atoms with Crippen LogP contribution in [-0.4, -0.2) is 16.9 Å². The lowest BCUT2D eigenvalue weighted by Gasteiger charge is -2.23. The van der Waals surface area contributed by atoms with Gasteiger partial charge in [-0.3, -0.25) is 4.90 Å². The van der Waals surface area contributed by atoms with Crippen molar-refractivity contribution in [2.24, 2.45) is 0 Å². The zero-order valence-corrected chi connectivity index (χ0v) is 9.56. The Balaban J connectivity index is 2.41. The van der Waals surface area contributed by atoms with Crippen LogP contribution in [0, 0.1) is 0 Å². The van der Waals surface area contributed by atoms with Gasteiger partial charge in [0.15, 0.2) is 0 Å². The van der Waals surface area contributed by atoms with Crippen molar-refractivity contribution in [3.8, 4) is 0 Å². The molecular formula is C11H11BrN2. The molecule has 1 aliphatic rings. The molecule has 14 heavy (non-hydrogen) atoms. The third-order valence-corrected chi connectivity index (χ3v) is 3.59. The Kier molecular flexibility index (Phi) is 1.73. The molecule has 1 aromatic heterocycles. The van der Waals surface area contributed by atoms with E-state index in [4.69, 9.17) is 0 Å². The van der Waals surface area contributed by atoms with Crippen molar-refractivity contribution in [2.75, 3.05) is 7.05 Å². The lowest BCUT2D eigenvalue weighted by molar-refractivity contribution is 0.313. The largest absolute Gasteiger partial charge is 0.361 e. The summed E-state index contributed by atoms with van der Waals surface area (Å²) in [4.78, 5) is 5.65. The molecule has 0 aliphatic carbocycles. The van der Waals surface area contributed by atoms with Crippen LogP contribution in [0.15, 0.2) is 22.8 Å². The number of aromatic amines is 1. The number of nitrogens with zero attached hydrogens (tertiary/aromatic N) is 1. The van der Waals surface area contributed by atoms with Crippen molar-refractivity contribution in [3.63, 3.8) is 0 Å². The first-order valence-corrected chi connectivity index (χ1v) is 5.51. The van der Waals surface area contributed by atoms with Crippen molar-refractivity contribution in [2.45, 2.75) is 13.1 Å². The van der Waals surface area contributed by atoms with Gasteiger partial charge in [0.05, 0.1) is 0 Å². The van der Waals surface area contributed by atoms with E-state index >= 15 is 0 Å². The number of nitrogens with one attached hydrogen (secondary N) is 1. The molecule has 72 valence electrons. The number of H-pyrrole nitrogens is 1. The SMILES string of the molecule is CN1Cc2c[nH]c3ccc(Br)c(c23)C1. The molecule has 0 atom stereocenters. The second-order valence-corrected chi connectivity index (χ2v) is 4.79. The third-order valence-electron chi connectivity index (χ3n) is 2.85. The summed E-state index contributed by atoms with van der Waals surface area (Å²) in [7, 11) is 2.15. The first kappa shape index (κ1) is 8.50. The van der Waals surface area contributed by atoms with Crippen molar-refractivity contribution in [1.29, 1.82) is 0 Å². The highest BCUT2D eigenvalue weighted by atomic mass is 79.9. The summed E-state index contributed by atoms with van der Waals surface area (Å²) in [5.41, 5.74) is 4.07. The summed E-state index contributed by atoms with van der Waals surface area (Å²) in [6, 6.07) is 4.26. The monoisotopic (exact) mass is 250 g/mol. The second kappa shape index (κ2) is 2.84. The smallest absolute Gasteiger partial charge is 0.0461 e. The molecule has 1 aliphatic heterocycles. The van der Waals surface area contributed by atoms with Crippen LogP contribution < -0.4 is 0 Å². The van der Waals surface area contributed by atoms with Gasteiger partial charge < -0.3 is 4.98 Å². The maximum atomic E-state index is 3.62. The first-order chi connectivity index (χ1) is 6.75. The molecule has 2 aromatic rings. The maximum Gasteiger partial charge on any atom is 0.0461 e. The van der Waals surface area contributed by atoms with Gasteiger partial charge in [0.2, 0.25) is 0 Å². The van der Waals surface area contributed by atoms with Crippen molar-refractivity contribution in [1.82, 2.24) is 9.88 Å². The highest BCUT2D eigenvalue weighted by Crippen LogP contribution is 2.33. The van der Waals surface area contributed by atoms with Gasteiger partial charge in [-0.2, -0.15) is 0 Å². The van der Waals surface area contributed by atoms with E-state index < -0.39 is 0 Å². The van der Waals surface area contributed by atoms with E-state index in [0.717, 1.165) is 13.1 Å². The Morgan fingerprint density at radius 3 is 3.07 bits per heavy atom. The number of rotatable bonds is 0. The number of hydrogen-bond donors (Lipinski definition) is 1. The van der Waals surface area contributed by atoms with Gasteiger partial charge in [-0.25, -0.2) is 0 Å². The number of benzene rings is 1. The molecule has 0 saturated heterocycles. The van der Waals surface area contributed by atoms with Crippen LogP contribution in [0.5, 0.6) is 0 Å². The van der Waals surface area contributed by atoms with E-state index in [-0.39, 0.29) is 0 Å². The average molecular weight is 251 g/mol. The predicted octanol–water partition coefficient (Wildman–Crippen LogP) is 2.88. The van der Waals surface area contributed by atoms with Gasteiger partial charge in [0.1, 0.15) is 0 Å². The molecule has 0 unspecified atom stereocenters. The van der Waals surface area contributed by atoms with Gasteiger partial charge in [-0.05, 0) is 30.3 Å². The number of hydrogen-bond acceptors (Lipinski definition) is 1. The van der Waals surface area contributed by atoms with E-state index in [2.05, 4.69) is 51.2 Å². The highest BCUT2D eigenvalue weighted by Gasteiger charge is 2.18. The molecule has 2 heterocycles. The zero-order valence-electron chi connectivity index (χ0n) is 7.97. The molecule has 0 amide bonds. The van der Waals surface area contributed by atoms with Gasteiger partial charge in [0, 0.05) is 34.7 Å². The lowest BCUT2D eigenvalue weighted by atomic mass is 10.0. The Morgan fingerprint density at radius 2 is 2.21 bits per heavy atom. The number of halogens is 1. The molecule has 1 N–H and O–H groups in total. The maximum absolute atomic E-state index is 3.62. The molecule has 3 heteroatoms. The zero-order chi connectivity index (χ0) is 9.71.